The van der Waals surface area contributed by atoms with Crippen molar-refractivity contribution in [2.24, 2.45) is 5.73 Å². The minimum atomic E-state index is -0.968. The van der Waals surface area contributed by atoms with Gasteiger partial charge in [-0.1, -0.05) is 48.5 Å². The first-order valence-corrected chi connectivity index (χ1v) is 6.90. The van der Waals surface area contributed by atoms with Crippen molar-refractivity contribution < 1.29 is 5.11 Å². The third-order valence-corrected chi connectivity index (χ3v) is 3.71. The topological polar surface area (TPSA) is 49.5 Å². The summed E-state index contributed by atoms with van der Waals surface area (Å²) < 4.78 is 0. The van der Waals surface area contributed by atoms with Crippen LogP contribution in [-0.2, 0) is 5.60 Å². The van der Waals surface area contributed by atoms with Crippen LogP contribution in [0.3, 0.4) is 0 Å². The van der Waals surface area contributed by atoms with Crippen molar-refractivity contribution in [2.45, 2.75) is 12.0 Å². The predicted octanol–water partition coefficient (Wildman–Crippen LogP) is 2.36. The molecule has 3 heteroatoms. The molecule has 0 aliphatic carbocycles. The molecule has 0 saturated carbocycles. The summed E-state index contributed by atoms with van der Waals surface area (Å²) in [5.74, 6) is 0. The second-order valence-corrected chi connectivity index (χ2v) is 5.11. The first-order valence-electron chi connectivity index (χ1n) is 6.90. The van der Waals surface area contributed by atoms with Gasteiger partial charge in [-0.15, -0.1) is 0 Å². The molecule has 1 unspecified atom stereocenters. The molecule has 0 bridgehead atoms. The van der Waals surface area contributed by atoms with Crippen LogP contribution in [0.15, 0.2) is 60.7 Å². The highest BCUT2D eigenvalue weighted by Gasteiger charge is 2.27. The van der Waals surface area contributed by atoms with Crippen molar-refractivity contribution in [3.8, 4) is 0 Å². The largest absolute Gasteiger partial charge is 0.384 e. The lowest BCUT2D eigenvalue weighted by molar-refractivity contribution is 0.0390. The van der Waals surface area contributed by atoms with E-state index in [1.165, 1.54) is 0 Å². The molecule has 0 spiro atoms. The molecule has 0 amide bonds. The SMILES string of the molecule is CN(CCC(O)(CN)c1ccccc1)c1ccccc1. The first kappa shape index (κ1) is 14.6. The first-order chi connectivity index (χ1) is 9.65. The number of nitrogens with zero attached hydrogens (tertiary/aromatic N) is 1. The van der Waals surface area contributed by atoms with Gasteiger partial charge >= 0.3 is 0 Å². The number of hydrogen-bond donors (Lipinski definition) is 2. The lowest BCUT2D eigenvalue weighted by atomic mass is 9.90. The maximum atomic E-state index is 10.7. The Hall–Kier alpha value is -1.84. The molecule has 2 aromatic rings. The van der Waals surface area contributed by atoms with E-state index in [-0.39, 0.29) is 6.54 Å². The minimum absolute atomic E-state index is 0.222. The summed E-state index contributed by atoms with van der Waals surface area (Å²) in [4.78, 5) is 2.13. The van der Waals surface area contributed by atoms with Gasteiger partial charge in [-0.05, 0) is 24.1 Å². The maximum absolute atomic E-state index is 10.7. The third-order valence-electron chi connectivity index (χ3n) is 3.71. The molecule has 2 aromatic carbocycles. The van der Waals surface area contributed by atoms with E-state index < -0.39 is 5.60 Å². The van der Waals surface area contributed by atoms with E-state index in [0.29, 0.717) is 6.42 Å². The zero-order chi connectivity index (χ0) is 14.4. The van der Waals surface area contributed by atoms with Crippen molar-refractivity contribution in [3.05, 3.63) is 66.2 Å². The number of anilines is 1. The number of para-hydroxylation sites is 1. The fourth-order valence-corrected chi connectivity index (χ4v) is 2.28. The Morgan fingerprint density at radius 1 is 1.00 bits per heavy atom. The van der Waals surface area contributed by atoms with E-state index in [1.807, 2.05) is 55.6 Å². The molecule has 106 valence electrons. The maximum Gasteiger partial charge on any atom is 0.103 e. The quantitative estimate of drug-likeness (QED) is 0.847. The van der Waals surface area contributed by atoms with Gasteiger partial charge in [0.05, 0.1) is 0 Å². The molecule has 0 aliphatic rings. The molecule has 2 rings (SSSR count). The molecular weight excluding hydrogens is 248 g/mol. The van der Waals surface area contributed by atoms with Gasteiger partial charge in [-0.2, -0.15) is 0 Å². The molecule has 3 nitrogen and oxygen atoms in total. The summed E-state index contributed by atoms with van der Waals surface area (Å²) in [5, 5.41) is 10.7. The summed E-state index contributed by atoms with van der Waals surface area (Å²) >= 11 is 0. The van der Waals surface area contributed by atoms with Crippen LogP contribution in [0.25, 0.3) is 0 Å². The summed E-state index contributed by atoms with van der Waals surface area (Å²) in [6.07, 6.45) is 0.596. The summed E-state index contributed by atoms with van der Waals surface area (Å²) in [6.45, 7) is 0.965. The van der Waals surface area contributed by atoms with Crippen molar-refractivity contribution in [1.29, 1.82) is 0 Å². The van der Waals surface area contributed by atoms with Crippen LogP contribution in [-0.4, -0.2) is 25.2 Å². The van der Waals surface area contributed by atoms with E-state index in [4.69, 9.17) is 5.73 Å². The molecule has 0 radical (unpaired) electrons. The lowest BCUT2D eigenvalue weighted by Crippen LogP contribution is -2.38. The van der Waals surface area contributed by atoms with Crippen LogP contribution < -0.4 is 10.6 Å². The van der Waals surface area contributed by atoms with E-state index >= 15 is 0 Å². The summed E-state index contributed by atoms with van der Waals surface area (Å²) in [6, 6.07) is 19.8. The number of nitrogens with two attached hydrogens (primary N) is 1. The van der Waals surface area contributed by atoms with Gasteiger partial charge in [-0.25, -0.2) is 0 Å². The molecule has 1 atom stereocenters. The third kappa shape index (κ3) is 3.38. The van der Waals surface area contributed by atoms with E-state index in [1.54, 1.807) is 0 Å². The van der Waals surface area contributed by atoms with Gasteiger partial charge in [0, 0.05) is 25.8 Å². The molecule has 3 N–H and O–H groups in total. The molecule has 0 heterocycles. The van der Waals surface area contributed by atoms with Gasteiger partial charge in [-0.3, -0.25) is 0 Å². The van der Waals surface area contributed by atoms with Crippen molar-refractivity contribution in [2.75, 3.05) is 25.0 Å². The lowest BCUT2D eigenvalue weighted by Gasteiger charge is -2.30. The fourth-order valence-electron chi connectivity index (χ4n) is 2.28. The van der Waals surface area contributed by atoms with Gasteiger partial charge in [0.15, 0.2) is 0 Å². The Kier molecular flexibility index (Phi) is 4.77. The highest BCUT2D eigenvalue weighted by molar-refractivity contribution is 5.45. The van der Waals surface area contributed by atoms with Crippen molar-refractivity contribution in [1.82, 2.24) is 0 Å². The zero-order valence-electron chi connectivity index (χ0n) is 11.9. The second kappa shape index (κ2) is 6.55. The van der Waals surface area contributed by atoms with E-state index in [2.05, 4.69) is 17.0 Å². The predicted molar refractivity (Wildman–Crippen MR) is 83.7 cm³/mol. The number of rotatable bonds is 6. The van der Waals surface area contributed by atoms with Crippen LogP contribution in [0.5, 0.6) is 0 Å². The Labute approximate surface area is 120 Å². The van der Waals surface area contributed by atoms with Crippen LogP contribution in [0.1, 0.15) is 12.0 Å². The van der Waals surface area contributed by atoms with Crippen LogP contribution in [0, 0.1) is 0 Å². The molecule has 0 aromatic heterocycles. The smallest absolute Gasteiger partial charge is 0.103 e. The molecule has 0 fully saturated rings. The van der Waals surface area contributed by atoms with E-state index in [0.717, 1.165) is 17.8 Å². The molecule has 0 aliphatic heterocycles. The molecular formula is C17H22N2O. The molecule has 20 heavy (non-hydrogen) atoms. The van der Waals surface area contributed by atoms with Gasteiger partial charge in [0.1, 0.15) is 5.60 Å². The second-order valence-electron chi connectivity index (χ2n) is 5.11. The van der Waals surface area contributed by atoms with Crippen molar-refractivity contribution >= 4 is 5.69 Å². The highest BCUT2D eigenvalue weighted by Crippen LogP contribution is 2.25. The summed E-state index contributed by atoms with van der Waals surface area (Å²) in [5.41, 5.74) is 6.84. The van der Waals surface area contributed by atoms with Gasteiger partial charge < -0.3 is 15.7 Å². The van der Waals surface area contributed by atoms with Crippen LogP contribution in [0.4, 0.5) is 5.69 Å². The summed E-state index contributed by atoms with van der Waals surface area (Å²) in [7, 11) is 2.03. The Morgan fingerprint density at radius 3 is 2.10 bits per heavy atom. The average Bonchev–Trinajstić information content (AvgIpc) is 2.54. The zero-order valence-corrected chi connectivity index (χ0v) is 11.9. The monoisotopic (exact) mass is 270 g/mol. The highest BCUT2D eigenvalue weighted by atomic mass is 16.3. The Bertz CT molecular complexity index is 515. The standard InChI is InChI=1S/C17H22N2O/c1-19(16-10-6-3-7-11-16)13-12-17(20,14-18)15-8-4-2-5-9-15/h2-11,20H,12-14,18H2,1H3. The average molecular weight is 270 g/mol. The van der Waals surface area contributed by atoms with Crippen LogP contribution >= 0.6 is 0 Å². The fraction of sp³-hybridized carbons (Fsp3) is 0.294. The Morgan fingerprint density at radius 2 is 1.55 bits per heavy atom. The van der Waals surface area contributed by atoms with Gasteiger partial charge in [0.25, 0.3) is 0 Å². The number of aliphatic hydroxyl groups is 1. The van der Waals surface area contributed by atoms with E-state index in [9.17, 15) is 5.11 Å². The van der Waals surface area contributed by atoms with Crippen LogP contribution in [0.2, 0.25) is 0 Å². The minimum Gasteiger partial charge on any atom is -0.384 e. The molecule has 0 saturated heterocycles. The van der Waals surface area contributed by atoms with Crippen molar-refractivity contribution in [3.63, 3.8) is 0 Å². The normalized spacial score (nSPS) is 13.8. The number of benzene rings is 2. The number of hydrogen-bond acceptors (Lipinski definition) is 3. The Balaban J connectivity index is 2.04. The van der Waals surface area contributed by atoms with Gasteiger partial charge in [0.2, 0.25) is 0 Å².